The van der Waals surface area contributed by atoms with Gasteiger partial charge in [-0.25, -0.2) is 4.79 Å². The topological polar surface area (TPSA) is 105 Å². The van der Waals surface area contributed by atoms with Gasteiger partial charge in [-0.15, -0.1) is 11.3 Å². The molecule has 3 rings (SSSR count). The van der Waals surface area contributed by atoms with E-state index in [1.54, 1.807) is 12.1 Å². The molecule has 37 heavy (non-hydrogen) atoms. The summed E-state index contributed by atoms with van der Waals surface area (Å²) in [4.78, 5) is 40.6. The summed E-state index contributed by atoms with van der Waals surface area (Å²) in [6.45, 7) is 1.86. The van der Waals surface area contributed by atoms with Crippen LogP contribution in [0.2, 0.25) is 0 Å². The van der Waals surface area contributed by atoms with Crippen molar-refractivity contribution in [2.24, 2.45) is 0 Å². The predicted molar refractivity (Wildman–Crippen MR) is 143 cm³/mol. The molecule has 0 fully saturated rings. The van der Waals surface area contributed by atoms with Gasteiger partial charge in [0, 0.05) is 29.0 Å². The Hall–Kier alpha value is -3.85. The summed E-state index contributed by atoms with van der Waals surface area (Å²) in [6, 6.07) is 15.7. The third kappa shape index (κ3) is 7.82. The van der Waals surface area contributed by atoms with Gasteiger partial charge in [-0.1, -0.05) is 36.4 Å². The van der Waals surface area contributed by atoms with Crippen LogP contribution < -0.4 is 14.8 Å². The first-order valence-electron chi connectivity index (χ1n) is 11.9. The number of carboxylic acids is 1. The minimum atomic E-state index is -1.13. The van der Waals surface area contributed by atoms with Gasteiger partial charge in [0.2, 0.25) is 5.91 Å². The molecule has 0 aliphatic carbocycles. The maximum atomic E-state index is 13.6. The van der Waals surface area contributed by atoms with E-state index < -0.39 is 17.9 Å². The van der Waals surface area contributed by atoms with Crippen LogP contribution in [0.3, 0.4) is 0 Å². The Labute approximate surface area is 220 Å². The van der Waals surface area contributed by atoms with Gasteiger partial charge in [-0.2, -0.15) is 0 Å². The number of amides is 2. The number of nitrogens with one attached hydrogen (secondary N) is 1. The molecule has 2 amide bonds. The van der Waals surface area contributed by atoms with E-state index in [-0.39, 0.29) is 18.9 Å². The molecule has 0 saturated heterocycles. The highest BCUT2D eigenvalue weighted by atomic mass is 32.1. The Morgan fingerprint density at radius 2 is 1.70 bits per heavy atom. The van der Waals surface area contributed by atoms with Gasteiger partial charge in [-0.3, -0.25) is 9.59 Å². The van der Waals surface area contributed by atoms with Gasteiger partial charge in [0.15, 0.2) is 0 Å². The molecule has 2 aromatic carbocycles. The van der Waals surface area contributed by atoms with Crippen LogP contribution in [0.4, 0.5) is 0 Å². The van der Waals surface area contributed by atoms with Gasteiger partial charge >= 0.3 is 5.97 Å². The zero-order valence-electron chi connectivity index (χ0n) is 21.2. The number of carbonyl (C=O) groups is 3. The van der Waals surface area contributed by atoms with E-state index in [0.717, 1.165) is 22.4 Å². The molecule has 9 heteroatoms. The lowest BCUT2D eigenvalue weighted by Crippen LogP contribution is -2.48. The van der Waals surface area contributed by atoms with Crippen LogP contribution in [0.5, 0.6) is 11.5 Å². The molecule has 0 spiro atoms. The van der Waals surface area contributed by atoms with Gasteiger partial charge < -0.3 is 24.8 Å². The van der Waals surface area contributed by atoms with Crippen molar-refractivity contribution in [2.45, 2.75) is 32.2 Å². The Morgan fingerprint density at radius 3 is 2.27 bits per heavy atom. The molecule has 0 aliphatic heterocycles. The summed E-state index contributed by atoms with van der Waals surface area (Å²) in [5.41, 5.74) is 2.20. The molecule has 0 bridgehead atoms. The molecule has 1 aromatic heterocycles. The van der Waals surface area contributed by atoms with Gasteiger partial charge in [-0.05, 0) is 48.9 Å². The molecule has 1 atom stereocenters. The first kappa shape index (κ1) is 27.7. The molecular formula is C28H32N2O6S. The third-order valence-electron chi connectivity index (χ3n) is 5.98. The van der Waals surface area contributed by atoms with Crippen LogP contribution in [0.25, 0.3) is 0 Å². The zero-order chi connectivity index (χ0) is 26.8. The lowest BCUT2D eigenvalue weighted by molar-refractivity contribution is -0.141. The van der Waals surface area contributed by atoms with Crippen LogP contribution in [0.15, 0.2) is 60.0 Å². The van der Waals surface area contributed by atoms with Crippen molar-refractivity contribution in [3.05, 3.63) is 81.5 Å². The Bertz CT molecular complexity index is 1170. The van der Waals surface area contributed by atoms with Crippen LogP contribution in [0.1, 0.15) is 32.8 Å². The van der Waals surface area contributed by atoms with Crippen molar-refractivity contribution >= 4 is 29.1 Å². The fourth-order valence-corrected chi connectivity index (χ4v) is 4.76. The number of hydrogen-bond acceptors (Lipinski definition) is 6. The molecule has 0 unspecified atom stereocenters. The minimum Gasteiger partial charge on any atom is -0.496 e. The lowest BCUT2D eigenvalue weighted by Gasteiger charge is -2.24. The summed E-state index contributed by atoms with van der Waals surface area (Å²) in [7, 11) is 3.03. The molecule has 0 aliphatic rings. The second kappa shape index (κ2) is 13.5. The van der Waals surface area contributed by atoms with Crippen molar-refractivity contribution in [3.8, 4) is 11.5 Å². The summed E-state index contributed by atoms with van der Waals surface area (Å²) in [5.74, 6) is -1.04. The van der Waals surface area contributed by atoms with Gasteiger partial charge in [0.05, 0.1) is 20.8 Å². The van der Waals surface area contributed by atoms with E-state index in [1.807, 2.05) is 54.8 Å². The summed E-state index contributed by atoms with van der Waals surface area (Å²) in [5, 5.41) is 14.1. The normalized spacial score (nSPS) is 11.4. The maximum absolute atomic E-state index is 13.6. The zero-order valence-corrected chi connectivity index (χ0v) is 22.0. The minimum absolute atomic E-state index is 0.174. The van der Waals surface area contributed by atoms with E-state index in [9.17, 15) is 19.5 Å². The Kier molecular flexibility index (Phi) is 10.1. The fraction of sp³-hybridized carbons (Fsp3) is 0.321. The standard InChI is InChI=1S/C28H32N2O6S/c1-19-24(35-2)15-21(16-25(19)36-3)27(32)30(13-7-11-20-9-5-4-6-10-20)18-26(31)29-23(28(33)34)17-22-12-8-14-37-22/h4-6,8-10,12,14-16,23H,7,11,13,17-18H2,1-3H3,(H,29,31)(H,33,34)/t23-/m0/s1. The molecule has 196 valence electrons. The van der Waals surface area contributed by atoms with Crippen molar-refractivity contribution in [1.29, 1.82) is 0 Å². The van der Waals surface area contributed by atoms with E-state index in [4.69, 9.17) is 9.47 Å². The molecule has 0 radical (unpaired) electrons. The first-order chi connectivity index (χ1) is 17.8. The Balaban J connectivity index is 1.78. The molecular weight excluding hydrogens is 492 g/mol. The largest absolute Gasteiger partial charge is 0.496 e. The van der Waals surface area contributed by atoms with Gasteiger partial charge in [0.25, 0.3) is 5.91 Å². The maximum Gasteiger partial charge on any atom is 0.326 e. The molecule has 0 saturated carbocycles. The SMILES string of the molecule is COc1cc(C(=O)N(CCCc2ccccc2)CC(=O)N[C@@H](Cc2cccs2)C(=O)O)cc(OC)c1C. The quantitative estimate of drug-likeness (QED) is 0.351. The second-order valence-corrected chi connectivity index (χ2v) is 9.60. The van der Waals surface area contributed by atoms with E-state index >= 15 is 0 Å². The Morgan fingerprint density at radius 1 is 1.03 bits per heavy atom. The third-order valence-corrected chi connectivity index (χ3v) is 6.87. The van der Waals surface area contributed by atoms with Crippen LogP contribution in [-0.2, 0) is 22.4 Å². The lowest BCUT2D eigenvalue weighted by atomic mass is 10.1. The molecule has 8 nitrogen and oxygen atoms in total. The van der Waals surface area contributed by atoms with Crippen molar-refractivity contribution < 1.29 is 29.0 Å². The van der Waals surface area contributed by atoms with E-state index in [1.165, 1.54) is 30.5 Å². The van der Waals surface area contributed by atoms with Crippen LogP contribution >= 0.6 is 11.3 Å². The van der Waals surface area contributed by atoms with Crippen LogP contribution in [0, 0.1) is 6.92 Å². The van der Waals surface area contributed by atoms with Crippen molar-refractivity contribution in [2.75, 3.05) is 27.3 Å². The van der Waals surface area contributed by atoms with Crippen LogP contribution in [-0.4, -0.2) is 61.1 Å². The highest BCUT2D eigenvalue weighted by Crippen LogP contribution is 2.30. The highest BCUT2D eigenvalue weighted by molar-refractivity contribution is 7.09. The number of ether oxygens (including phenoxy) is 2. The summed E-state index contributed by atoms with van der Waals surface area (Å²) in [6.07, 6.45) is 1.52. The van der Waals surface area contributed by atoms with Crippen molar-refractivity contribution in [1.82, 2.24) is 10.2 Å². The molecule has 3 aromatic rings. The number of aryl methyl sites for hydroxylation is 1. The molecule has 2 N–H and O–H groups in total. The number of carboxylic acid groups (broad SMARTS) is 1. The van der Waals surface area contributed by atoms with Gasteiger partial charge in [0.1, 0.15) is 17.5 Å². The monoisotopic (exact) mass is 524 g/mol. The molecule has 1 heterocycles. The number of aliphatic carboxylic acids is 1. The average Bonchev–Trinajstić information content (AvgIpc) is 3.41. The number of thiophene rings is 1. The number of rotatable bonds is 13. The van der Waals surface area contributed by atoms with E-state index in [2.05, 4.69) is 5.32 Å². The first-order valence-corrected chi connectivity index (χ1v) is 12.8. The fourth-order valence-electron chi connectivity index (χ4n) is 4.01. The smallest absolute Gasteiger partial charge is 0.326 e. The number of nitrogens with zero attached hydrogens (tertiary/aromatic N) is 1. The summed E-state index contributed by atoms with van der Waals surface area (Å²) >= 11 is 1.43. The number of benzene rings is 2. The average molecular weight is 525 g/mol. The summed E-state index contributed by atoms with van der Waals surface area (Å²) < 4.78 is 10.8. The number of methoxy groups -OCH3 is 2. The number of carbonyl (C=O) groups excluding carboxylic acids is 2. The predicted octanol–water partition coefficient (Wildman–Crippen LogP) is 3.96. The number of hydrogen-bond donors (Lipinski definition) is 2. The highest BCUT2D eigenvalue weighted by Gasteiger charge is 2.25. The van der Waals surface area contributed by atoms with E-state index in [0.29, 0.717) is 30.0 Å². The van der Waals surface area contributed by atoms with Crippen molar-refractivity contribution in [3.63, 3.8) is 0 Å². The second-order valence-electron chi connectivity index (χ2n) is 8.56.